The first-order valence-corrected chi connectivity index (χ1v) is 9.49. The number of rotatable bonds is 9. The third kappa shape index (κ3) is 6.96. The molecule has 2 amide bonds. The number of aryl methyl sites for hydroxylation is 2. The van der Waals surface area contributed by atoms with E-state index in [0.29, 0.717) is 16.3 Å². The summed E-state index contributed by atoms with van der Waals surface area (Å²) in [6.45, 7) is 3.20. The van der Waals surface area contributed by atoms with Gasteiger partial charge in [-0.05, 0) is 49.2 Å². The third-order valence-corrected chi connectivity index (χ3v) is 4.83. The monoisotopic (exact) mass is 402 g/mol. The molecule has 7 nitrogen and oxygen atoms in total. The number of nitrogens with one attached hydrogen (secondary N) is 1. The van der Waals surface area contributed by atoms with Gasteiger partial charge in [0.15, 0.2) is 13.2 Å². The van der Waals surface area contributed by atoms with Crippen molar-refractivity contribution in [1.82, 2.24) is 0 Å². The van der Waals surface area contributed by atoms with Gasteiger partial charge in [-0.25, -0.2) is 4.79 Å². The average Bonchev–Trinajstić information content (AvgIpc) is 2.66. The molecule has 0 aromatic heterocycles. The molecule has 3 N–H and O–H groups in total. The van der Waals surface area contributed by atoms with Crippen molar-refractivity contribution >= 4 is 35.2 Å². The summed E-state index contributed by atoms with van der Waals surface area (Å²) in [6.07, 6.45) is 0. The minimum absolute atomic E-state index is 0.0949. The van der Waals surface area contributed by atoms with Crippen LogP contribution in [0.4, 0.5) is 5.69 Å². The number of ether oxygens (including phenoxy) is 2. The Kier molecular flexibility index (Phi) is 7.88. The van der Waals surface area contributed by atoms with Crippen LogP contribution in [-0.4, -0.2) is 36.8 Å². The van der Waals surface area contributed by atoms with Gasteiger partial charge in [0.05, 0.1) is 11.4 Å². The van der Waals surface area contributed by atoms with Crippen LogP contribution in [0.25, 0.3) is 0 Å². The largest absolute Gasteiger partial charge is 0.482 e. The smallest absolute Gasteiger partial charge is 0.344 e. The lowest BCUT2D eigenvalue weighted by atomic mass is 10.1. The van der Waals surface area contributed by atoms with Crippen molar-refractivity contribution in [3.8, 4) is 5.75 Å². The highest BCUT2D eigenvalue weighted by molar-refractivity contribution is 8.00. The van der Waals surface area contributed by atoms with Crippen molar-refractivity contribution in [1.29, 1.82) is 0 Å². The molecular weight excluding hydrogens is 380 g/mol. The van der Waals surface area contributed by atoms with E-state index in [2.05, 4.69) is 5.32 Å². The number of hydrogen-bond donors (Lipinski definition) is 2. The summed E-state index contributed by atoms with van der Waals surface area (Å²) in [5, 5.41) is 2.65. The van der Waals surface area contributed by atoms with Gasteiger partial charge in [-0.1, -0.05) is 18.2 Å². The van der Waals surface area contributed by atoms with Crippen LogP contribution in [0.3, 0.4) is 0 Å². The van der Waals surface area contributed by atoms with Crippen molar-refractivity contribution < 1.29 is 23.9 Å². The highest BCUT2D eigenvalue weighted by Gasteiger charge is 2.11. The molecule has 0 saturated heterocycles. The number of benzene rings is 2. The molecule has 2 aromatic carbocycles. The van der Waals surface area contributed by atoms with E-state index in [4.69, 9.17) is 15.2 Å². The Hall–Kier alpha value is -3.00. The highest BCUT2D eigenvalue weighted by atomic mass is 32.2. The number of anilines is 1. The Balaban J connectivity index is 1.79. The van der Waals surface area contributed by atoms with Crippen LogP contribution < -0.4 is 15.8 Å². The van der Waals surface area contributed by atoms with Gasteiger partial charge in [0.25, 0.3) is 5.91 Å². The molecule has 2 rings (SSSR count). The summed E-state index contributed by atoms with van der Waals surface area (Å²) in [6, 6.07) is 12.5. The maximum atomic E-state index is 12.0. The zero-order valence-electron chi connectivity index (χ0n) is 15.7. The molecule has 0 atom stereocenters. The molecule has 0 aliphatic heterocycles. The van der Waals surface area contributed by atoms with Crippen molar-refractivity contribution in [3.05, 3.63) is 53.6 Å². The van der Waals surface area contributed by atoms with Gasteiger partial charge in [0.1, 0.15) is 5.75 Å². The molecule has 8 heteroatoms. The van der Waals surface area contributed by atoms with Gasteiger partial charge in [-0.3, -0.25) is 9.59 Å². The predicted molar refractivity (Wildman–Crippen MR) is 107 cm³/mol. The quantitative estimate of drug-likeness (QED) is 0.493. The van der Waals surface area contributed by atoms with E-state index in [1.54, 1.807) is 30.3 Å². The summed E-state index contributed by atoms with van der Waals surface area (Å²) in [7, 11) is 0. The maximum Gasteiger partial charge on any atom is 0.344 e. The second-order valence-electron chi connectivity index (χ2n) is 5.99. The first kappa shape index (κ1) is 21.3. The Bertz CT molecular complexity index is 869. The SMILES string of the molecule is Cc1ccc(OCC(=O)OCC(=O)Nc2ccccc2SCC(N)=O)cc1C. The molecule has 0 unspecified atom stereocenters. The molecule has 0 fully saturated rings. The van der Waals surface area contributed by atoms with E-state index >= 15 is 0 Å². The number of esters is 1. The van der Waals surface area contributed by atoms with Crippen molar-refractivity contribution in [3.63, 3.8) is 0 Å². The van der Waals surface area contributed by atoms with Crippen molar-refractivity contribution in [2.24, 2.45) is 5.73 Å². The first-order valence-electron chi connectivity index (χ1n) is 8.51. The number of para-hydroxylation sites is 1. The Morgan fingerprint density at radius 1 is 1.04 bits per heavy atom. The van der Waals surface area contributed by atoms with Gasteiger partial charge in [0, 0.05) is 4.90 Å². The normalized spacial score (nSPS) is 10.2. The topological polar surface area (TPSA) is 108 Å². The minimum atomic E-state index is -0.648. The lowest BCUT2D eigenvalue weighted by Gasteiger charge is -2.11. The molecule has 0 aliphatic rings. The second kappa shape index (κ2) is 10.4. The summed E-state index contributed by atoms with van der Waals surface area (Å²) >= 11 is 1.21. The molecule has 0 heterocycles. The molecule has 0 spiro atoms. The lowest BCUT2D eigenvalue weighted by Crippen LogP contribution is -2.24. The molecule has 0 saturated carbocycles. The molecule has 0 aliphatic carbocycles. The highest BCUT2D eigenvalue weighted by Crippen LogP contribution is 2.26. The summed E-state index contributed by atoms with van der Waals surface area (Å²) < 4.78 is 10.3. The fraction of sp³-hybridized carbons (Fsp3) is 0.250. The average molecular weight is 402 g/mol. The Labute approximate surface area is 167 Å². The molecule has 148 valence electrons. The standard InChI is InChI=1S/C20H22N2O5S/c1-13-7-8-15(9-14(13)2)26-11-20(25)27-10-19(24)22-16-5-3-4-6-17(16)28-12-18(21)23/h3-9H,10-12H2,1-2H3,(H2,21,23)(H,22,24). The van der Waals surface area contributed by atoms with E-state index in [9.17, 15) is 14.4 Å². The summed E-state index contributed by atoms with van der Waals surface area (Å²) in [5.74, 6) is -0.942. The number of carbonyl (C=O) groups is 3. The fourth-order valence-corrected chi connectivity index (χ4v) is 2.91. The zero-order chi connectivity index (χ0) is 20.5. The Morgan fingerprint density at radius 2 is 1.79 bits per heavy atom. The van der Waals surface area contributed by atoms with Crippen LogP contribution in [-0.2, 0) is 19.1 Å². The number of primary amides is 1. The number of hydrogen-bond acceptors (Lipinski definition) is 6. The van der Waals surface area contributed by atoms with Gasteiger partial charge in [-0.2, -0.15) is 0 Å². The number of carbonyl (C=O) groups excluding carboxylic acids is 3. The molecule has 2 aromatic rings. The van der Waals surface area contributed by atoms with Crippen LogP contribution in [0, 0.1) is 13.8 Å². The lowest BCUT2D eigenvalue weighted by molar-refractivity contribution is -0.149. The van der Waals surface area contributed by atoms with E-state index in [0.717, 1.165) is 11.1 Å². The van der Waals surface area contributed by atoms with Crippen LogP contribution in [0.15, 0.2) is 47.4 Å². The molecule has 28 heavy (non-hydrogen) atoms. The van der Waals surface area contributed by atoms with Crippen LogP contribution in [0.2, 0.25) is 0 Å². The molecular formula is C20H22N2O5S. The number of thioether (sulfide) groups is 1. The van der Waals surface area contributed by atoms with E-state index in [-0.39, 0.29) is 12.4 Å². The maximum absolute atomic E-state index is 12.0. The fourth-order valence-electron chi connectivity index (χ4n) is 2.16. The van der Waals surface area contributed by atoms with Crippen molar-refractivity contribution in [2.45, 2.75) is 18.7 Å². The third-order valence-electron chi connectivity index (χ3n) is 3.73. The van der Waals surface area contributed by atoms with E-state index in [1.165, 1.54) is 11.8 Å². The van der Waals surface area contributed by atoms with Gasteiger partial charge >= 0.3 is 5.97 Å². The number of amides is 2. The number of nitrogens with two attached hydrogens (primary N) is 1. The zero-order valence-corrected chi connectivity index (χ0v) is 16.5. The predicted octanol–water partition coefficient (Wildman–Crippen LogP) is 2.44. The molecule has 0 bridgehead atoms. The van der Waals surface area contributed by atoms with Crippen molar-refractivity contribution in [2.75, 3.05) is 24.3 Å². The van der Waals surface area contributed by atoms with Gasteiger partial charge < -0.3 is 20.5 Å². The summed E-state index contributed by atoms with van der Waals surface area (Å²) in [4.78, 5) is 35.4. The molecule has 0 radical (unpaired) electrons. The van der Waals surface area contributed by atoms with Crippen LogP contribution in [0.5, 0.6) is 5.75 Å². The van der Waals surface area contributed by atoms with Gasteiger partial charge in [-0.15, -0.1) is 11.8 Å². The van der Waals surface area contributed by atoms with Crippen LogP contribution >= 0.6 is 11.8 Å². The minimum Gasteiger partial charge on any atom is -0.482 e. The second-order valence-corrected chi connectivity index (χ2v) is 7.01. The first-order chi connectivity index (χ1) is 13.3. The van der Waals surface area contributed by atoms with E-state index < -0.39 is 24.4 Å². The van der Waals surface area contributed by atoms with Gasteiger partial charge in [0.2, 0.25) is 5.91 Å². The summed E-state index contributed by atoms with van der Waals surface area (Å²) in [5.41, 5.74) is 7.84. The van der Waals surface area contributed by atoms with E-state index in [1.807, 2.05) is 26.0 Å². The Morgan fingerprint density at radius 3 is 2.50 bits per heavy atom. The van der Waals surface area contributed by atoms with Crippen LogP contribution in [0.1, 0.15) is 11.1 Å².